The molecule has 252 valence electrons. The minimum atomic E-state index is -0.448. The number of rotatable bonds is 25. The largest absolute Gasteiger partial charge is 0.356 e. The smallest absolute Gasteiger partial charge is 0.245 e. The Hall–Kier alpha value is -1.63. The van der Waals surface area contributed by atoms with Crippen LogP contribution in [0.25, 0.3) is 0 Å². The maximum atomic E-state index is 12.9. The van der Waals surface area contributed by atoms with Gasteiger partial charge in [0.25, 0.3) is 0 Å². The molecule has 0 bridgehead atoms. The first-order valence-corrected chi connectivity index (χ1v) is 18.1. The summed E-state index contributed by atoms with van der Waals surface area (Å²) in [5.74, 6) is 0.267. The molecular weight excluding hydrogens is 536 g/mol. The molecule has 1 saturated heterocycles. The van der Waals surface area contributed by atoms with E-state index in [4.69, 9.17) is 5.73 Å². The van der Waals surface area contributed by atoms with Gasteiger partial charge in [0, 0.05) is 32.5 Å². The molecule has 4 N–H and O–H groups in total. The molecule has 1 aliphatic rings. The number of carbonyl (C=O) groups is 3. The van der Waals surface area contributed by atoms with Crippen molar-refractivity contribution in [1.82, 2.24) is 15.5 Å². The first kappa shape index (κ1) is 39.4. The second kappa shape index (κ2) is 22.8. The van der Waals surface area contributed by atoms with Crippen LogP contribution in [-0.2, 0) is 14.4 Å². The fourth-order valence-electron chi connectivity index (χ4n) is 6.51. The second-order valence-electron chi connectivity index (χ2n) is 14.4. The van der Waals surface area contributed by atoms with Gasteiger partial charge in [-0.2, -0.15) is 0 Å². The molecule has 1 heterocycles. The third-order valence-corrected chi connectivity index (χ3v) is 9.37. The van der Waals surface area contributed by atoms with Crippen molar-refractivity contribution in [2.75, 3.05) is 26.2 Å². The zero-order chi connectivity index (χ0) is 32.0. The third kappa shape index (κ3) is 17.4. The lowest BCUT2D eigenvalue weighted by atomic mass is 9.75. The van der Waals surface area contributed by atoms with Gasteiger partial charge in [-0.1, -0.05) is 105 Å². The average molecular weight is 607 g/mol. The quantitative estimate of drug-likeness (QED) is 0.0928. The molecule has 0 aromatic heterocycles. The minimum absolute atomic E-state index is 0.00229. The average Bonchev–Trinajstić information content (AvgIpc) is 3.51. The predicted molar refractivity (Wildman–Crippen MR) is 181 cm³/mol. The summed E-state index contributed by atoms with van der Waals surface area (Å²) in [6, 6.07) is -0.448. The van der Waals surface area contributed by atoms with E-state index in [0.717, 1.165) is 84.0 Å². The Morgan fingerprint density at radius 3 is 1.79 bits per heavy atom. The number of nitrogens with two attached hydrogens (primary N) is 1. The van der Waals surface area contributed by atoms with Crippen molar-refractivity contribution in [1.29, 1.82) is 0 Å². The predicted octanol–water partition coefficient (Wildman–Crippen LogP) is 7.65. The highest BCUT2D eigenvalue weighted by Gasteiger charge is 2.36. The van der Waals surface area contributed by atoms with E-state index in [-0.39, 0.29) is 23.1 Å². The van der Waals surface area contributed by atoms with Gasteiger partial charge in [-0.15, -0.1) is 0 Å². The van der Waals surface area contributed by atoms with Crippen LogP contribution < -0.4 is 16.4 Å². The van der Waals surface area contributed by atoms with Crippen molar-refractivity contribution in [3.63, 3.8) is 0 Å². The highest BCUT2D eigenvalue weighted by molar-refractivity contribution is 5.88. The Bertz CT molecular complexity index is 760. The van der Waals surface area contributed by atoms with Crippen molar-refractivity contribution < 1.29 is 14.4 Å². The Morgan fingerprint density at radius 1 is 0.698 bits per heavy atom. The first-order valence-electron chi connectivity index (χ1n) is 18.1. The monoisotopic (exact) mass is 607 g/mol. The summed E-state index contributed by atoms with van der Waals surface area (Å²) in [6.07, 6.45) is 22.7. The zero-order valence-corrected chi connectivity index (χ0v) is 29.0. The van der Waals surface area contributed by atoms with Crippen molar-refractivity contribution >= 4 is 17.7 Å². The molecule has 43 heavy (non-hydrogen) atoms. The van der Waals surface area contributed by atoms with Gasteiger partial charge >= 0.3 is 0 Å². The number of likely N-dealkylation sites (tertiary alicyclic amines) is 1. The van der Waals surface area contributed by atoms with Crippen LogP contribution in [0.5, 0.6) is 0 Å². The molecule has 7 nitrogen and oxygen atoms in total. The maximum Gasteiger partial charge on any atom is 0.245 e. The Morgan fingerprint density at radius 2 is 1.23 bits per heavy atom. The van der Waals surface area contributed by atoms with Gasteiger partial charge in [-0.25, -0.2) is 0 Å². The zero-order valence-electron chi connectivity index (χ0n) is 29.0. The minimum Gasteiger partial charge on any atom is -0.356 e. The van der Waals surface area contributed by atoms with Crippen LogP contribution in [0.1, 0.15) is 169 Å². The standard InChI is InChI=1S/C36H70N4O3/c1-6-8-25-36(30-37,24-7-2)26-18-15-17-22-31(41)38-27-19-14-12-10-9-11-13-16-23-32(42)39-33(35(3,4)5)34(43)40-28-20-21-29-40/h33H,6-30,37H2,1-5H3,(H,38,41)(H,39,42)/t33-,36?/m1/s1. The molecule has 7 heteroatoms. The number of hydrogen-bond donors (Lipinski definition) is 3. The fraction of sp³-hybridized carbons (Fsp3) is 0.917. The van der Waals surface area contributed by atoms with Gasteiger partial charge in [0.2, 0.25) is 17.7 Å². The van der Waals surface area contributed by atoms with Gasteiger partial charge in [-0.05, 0) is 68.7 Å². The van der Waals surface area contributed by atoms with E-state index in [9.17, 15) is 14.4 Å². The second-order valence-corrected chi connectivity index (χ2v) is 14.4. The van der Waals surface area contributed by atoms with E-state index in [1.165, 1.54) is 64.2 Å². The van der Waals surface area contributed by atoms with Gasteiger partial charge in [-0.3, -0.25) is 14.4 Å². The SMILES string of the molecule is CCCCC(CN)(CCC)CCCCCC(=O)NCCCCCCCCCCC(=O)N[C@H](C(=O)N1CCCC1)C(C)(C)C. The van der Waals surface area contributed by atoms with Gasteiger partial charge in [0.05, 0.1) is 0 Å². The molecule has 0 aromatic rings. The van der Waals surface area contributed by atoms with Crippen molar-refractivity contribution in [3.05, 3.63) is 0 Å². The summed E-state index contributed by atoms with van der Waals surface area (Å²) in [4.78, 5) is 39.6. The Kier molecular flexibility index (Phi) is 20.9. The van der Waals surface area contributed by atoms with Crippen LogP contribution in [0.4, 0.5) is 0 Å². The summed E-state index contributed by atoms with van der Waals surface area (Å²) in [6.45, 7) is 13.8. The van der Waals surface area contributed by atoms with Crippen LogP contribution in [0.15, 0.2) is 0 Å². The molecular formula is C36H70N4O3. The van der Waals surface area contributed by atoms with Gasteiger partial charge < -0.3 is 21.3 Å². The van der Waals surface area contributed by atoms with Gasteiger partial charge in [0.1, 0.15) is 6.04 Å². The molecule has 0 spiro atoms. The number of hydrogen-bond acceptors (Lipinski definition) is 4. The van der Waals surface area contributed by atoms with Crippen LogP contribution in [0, 0.1) is 10.8 Å². The van der Waals surface area contributed by atoms with E-state index >= 15 is 0 Å². The molecule has 0 radical (unpaired) electrons. The van der Waals surface area contributed by atoms with Crippen LogP contribution in [0.2, 0.25) is 0 Å². The van der Waals surface area contributed by atoms with Crippen LogP contribution in [-0.4, -0.2) is 54.8 Å². The molecule has 0 aromatic carbocycles. The van der Waals surface area contributed by atoms with E-state index in [1.54, 1.807) is 0 Å². The Labute approximate surface area is 265 Å². The molecule has 1 unspecified atom stereocenters. The highest BCUT2D eigenvalue weighted by atomic mass is 16.2. The highest BCUT2D eigenvalue weighted by Crippen LogP contribution is 2.35. The normalized spacial score (nSPS) is 15.7. The van der Waals surface area contributed by atoms with E-state index in [0.29, 0.717) is 18.3 Å². The van der Waals surface area contributed by atoms with E-state index in [2.05, 4.69) is 24.5 Å². The lowest BCUT2D eigenvalue weighted by molar-refractivity contribution is -0.138. The summed E-state index contributed by atoms with van der Waals surface area (Å²) in [5.41, 5.74) is 6.21. The topological polar surface area (TPSA) is 105 Å². The summed E-state index contributed by atoms with van der Waals surface area (Å²) < 4.78 is 0. The van der Waals surface area contributed by atoms with Crippen molar-refractivity contribution in [2.45, 2.75) is 175 Å². The van der Waals surface area contributed by atoms with Gasteiger partial charge in [0.15, 0.2) is 0 Å². The molecule has 0 saturated carbocycles. The number of nitrogens with zero attached hydrogens (tertiary/aromatic N) is 1. The molecule has 1 aliphatic heterocycles. The molecule has 0 aliphatic carbocycles. The number of unbranched alkanes of at least 4 members (excludes halogenated alkanes) is 10. The number of amides is 3. The lowest BCUT2D eigenvalue weighted by Crippen LogP contribution is -2.54. The summed E-state index contributed by atoms with van der Waals surface area (Å²) in [7, 11) is 0. The fourth-order valence-corrected chi connectivity index (χ4v) is 6.51. The van der Waals surface area contributed by atoms with Crippen LogP contribution in [0.3, 0.4) is 0 Å². The summed E-state index contributed by atoms with van der Waals surface area (Å²) >= 11 is 0. The number of carbonyl (C=O) groups excluding carboxylic acids is 3. The van der Waals surface area contributed by atoms with E-state index < -0.39 is 6.04 Å². The van der Waals surface area contributed by atoms with Crippen molar-refractivity contribution in [2.24, 2.45) is 16.6 Å². The van der Waals surface area contributed by atoms with Crippen molar-refractivity contribution in [3.8, 4) is 0 Å². The van der Waals surface area contributed by atoms with E-state index in [1.807, 2.05) is 25.7 Å². The first-order chi connectivity index (χ1) is 20.6. The molecule has 3 amide bonds. The maximum absolute atomic E-state index is 12.9. The lowest BCUT2D eigenvalue weighted by Gasteiger charge is -2.33. The molecule has 1 rings (SSSR count). The molecule has 1 fully saturated rings. The summed E-state index contributed by atoms with van der Waals surface area (Å²) in [5, 5.41) is 6.15. The third-order valence-electron chi connectivity index (χ3n) is 9.37. The number of nitrogens with one attached hydrogen (secondary N) is 2. The van der Waals surface area contributed by atoms with Crippen LogP contribution >= 0.6 is 0 Å². The molecule has 2 atom stereocenters. The Balaban J connectivity index is 2.03.